The summed E-state index contributed by atoms with van der Waals surface area (Å²) in [6, 6.07) is 0.0962. The van der Waals surface area contributed by atoms with Crippen LogP contribution in [0.1, 0.15) is 60.8 Å². The van der Waals surface area contributed by atoms with Gasteiger partial charge in [-0.15, -0.1) is 0 Å². The minimum atomic E-state index is -0.476. The van der Waals surface area contributed by atoms with Crippen molar-refractivity contribution in [3.05, 3.63) is 0 Å². The Morgan fingerprint density at radius 3 is 2.45 bits per heavy atom. The molecule has 0 bridgehead atoms. The Balaban J connectivity index is 4.21. The zero-order valence-electron chi connectivity index (χ0n) is 15.1. The molecule has 0 aliphatic rings. The highest BCUT2D eigenvalue weighted by Gasteiger charge is 2.23. The Hall–Kier alpha value is -1.46. The highest BCUT2D eigenvalue weighted by atomic mass is 16.6. The molecule has 22 heavy (non-hydrogen) atoms. The van der Waals surface area contributed by atoms with Gasteiger partial charge in [-0.3, -0.25) is 4.99 Å². The van der Waals surface area contributed by atoms with E-state index in [1.807, 2.05) is 34.6 Å². The van der Waals surface area contributed by atoms with E-state index in [4.69, 9.17) is 10.5 Å². The standard InChI is InChI=1S/C16H34N4O2/c1-7-8-10-18-14(17)19-11-9-12-20(13(2)3)15(21)22-16(4,5)6/h13H,7-12H2,1-6H3,(H3,17,18,19). The molecule has 0 aliphatic carbocycles. The van der Waals surface area contributed by atoms with E-state index >= 15 is 0 Å². The van der Waals surface area contributed by atoms with Gasteiger partial charge in [0.2, 0.25) is 0 Å². The van der Waals surface area contributed by atoms with Gasteiger partial charge in [-0.25, -0.2) is 4.79 Å². The number of hydrogen-bond acceptors (Lipinski definition) is 3. The number of nitrogens with two attached hydrogens (primary N) is 1. The lowest BCUT2D eigenvalue weighted by Gasteiger charge is -2.30. The topological polar surface area (TPSA) is 80.0 Å². The minimum Gasteiger partial charge on any atom is -0.444 e. The van der Waals surface area contributed by atoms with Crippen LogP contribution < -0.4 is 11.1 Å². The first-order chi connectivity index (χ1) is 10.2. The van der Waals surface area contributed by atoms with Crippen LogP contribution in [0.25, 0.3) is 0 Å². The minimum absolute atomic E-state index is 0.0962. The van der Waals surface area contributed by atoms with Crippen molar-refractivity contribution in [1.29, 1.82) is 0 Å². The maximum absolute atomic E-state index is 12.1. The van der Waals surface area contributed by atoms with Crippen molar-refractivity contribution in [2.45, 2.75) is 72.4 Å². The van der Waals surface area contributed by atoms with E-state index in [0.717, 1.165) is 25.8 Å². The van der Waals surface area contributed by atoms with Crippen molar-refractivity contribution in [3.8, 4) is 0 Å². The van der Waals surface area contributed by atoms with Gasteiger partial charge in [0.15, 0.2) is 5.96 Å². The summed E-state index contributed by atoms with van der Waals surface area (Å²) in [6.07, 6.45) is 2.68. The van der Waals surface area contributed by atoms with Crippen molar-refractivity contribution >= 4 is 12.1 Å². The Morgan fingerprint density at radius 1 is 1.32 bits per heavy atom. The maximum Gasteiger partial charge on any atom is 0.410 e. The molecular weight excluding hydrogens is 280 g/mol. The Kier molecular flexibility index (Phi) is 9.61. The number of ether oxygens (including phenoxy) is 1. The second-order valence-electron chi connectivity index (χ2n) is 6.67. The number of unbranched alkanes of at least 4 members (excludes halogenated alkanes) is 1. The first-order valence-electron chi connectivity index (χ1n) is 8.20. The third-order valence-corrected chi connectivity index (χ3v) is 2.93. The molecule has 0 aromatic rings. The number of carbonyl (C=O) groups is 1. The highest BCUT2D eigenvalue weighted by Crippen LogP contribution is 2.12. The fourth-order valence-corrected chi connectivity index (χ4v) is 1.77. The highest BCUT2D eigenvalue weighted by molar-refractivity contribution is 5.77. The molecule has 0 atom stereocenters. The smallest absolute Gasteiger partial charge is 0.410 e. The molecule has 6 heteroatoms. The predicted octanol–water partition coefficient (Wildman–Crippen LogP) is 2.73. The van der Waals surface area contributed by atoms with Crippen LogP contribution in [0.2, 0.25) is 0 Å². The third kappa shape index (κ3) is 10.3. The number of hydrogen-bond donors (Lipinski definition) is 2. The van der Waals surface area contributed by atoms with Crippen molar-refractivity contribution in [2.75, 3.05) is 19.6 Å². The number of guanidine groups is 1. The number of aliphatic imine (C=N–C) groups is 1. The molecule has 3 N–H and O–H groups in total. The van der Waals surface area contributed by atoms with Gasteiger partial charge in [0.1, 0.15) is 5.60 Å². The molecule has 0 fully saturated rings. The molecule has 1 amide bonds. The average molecular weight is 314 g/mol. The first-order valence-corrected chi connectivity index (χ1v) is 8.20. The number of carbonyl (C=O) groups excluding carboxylic acids is 1. The molecule has 0 aromatic carbocycles. The van der Waals surface area contributed by atoms with Gasteiger partial charge in [-0.05, 0) is 47.5 Å². The first kappa shape index (κ1) is 20.5. The number of nitrogens with zero attached hydrogens (tertiary/aromatic N) is 2. The summed E-state index contributed by atoms with van der Waals surface area (Å²) in [5.41, 5.74) is 5.29. The number of nitrogens with one attached hydrogen (secondary N) is 1. The van der Waals surface area contributed by atoms with E-state index < -0.39 is 5.60 Å². The quantitative estimate of drug-likeness (QED) is 0.410. The molecule has 0 saturated carbocycles. The second-order valence-corrected chi connectivity index (χ2v) is 6.67. The summed E-state index contributed by atoms with van der Waals surface area (Å²) in [6.45, 7) is 13.8. The summed E-state index contributed by atoms with van der Waals surface area (Å²) >= 11 is 0. The van der Waals surface area contributed by atoms with Crippen molar-refractivity contribution in [3.63, 3.8) is 0 Å². The van der Waals surface area contributed by atoms with Crippen LogP contribution in [0.4, 0.5) is 4.79 Å². The van der Waals surface area contributed by atoms with Crippen LogP contribution in [0.3, 0.4) is 0 Å². The lowest BCUT2D eigenvalue weighted by molar-refractivity contribution is 0.0190. The van der Waals surface area contributed by atoms with E-state index in [-0.39, 0.29) is 12.1 Å². The molecule has 0 heterocycles. The third-order valence-electron chi connectivity index (χ3n) is 2.93. The van der Waals surface area contributed by atoms with E-state index in [0.29, 0.717) is 19.0 Å². The van der Waals surface area contributed by atoms with Gasteiger partial charge < -0.3 is 20.7 Å². The average Bonchev–Trinajstić information content (AvgIpc) is 2.36. The van der Waals surface area contributed by atoms with Crippen LogP contribution in [-0.2, 0) is 4.74 Å². The van der Waals surface area contributed by atoms with Crippen molar-refractivity contribution in [2.24, 2.45) is 10.7 Å². The van der Waals surface area contributed by atoms with E-state index in [1.54, 1.807) is 4.90 Å². The van der Waals surface area contributed by atoms with Crippen LogP contribution >= 0.6 is 0 Å². The second kappa shape index (κ2) is 10.3. The van der Waals surface area contributed by atoms with Crippen molar-refractivity contribution < 1.29 is 9.53 Å². The van der Waals surface area contributed by atoms with Gasteiger partial charge >= 0.3 is 6.09 Å². The molecule has 0 saturated heterocycles. The molecule has 0 spiro atoms. The van der Waals surface area contributed by atoms with E-state index in [1.165, 1.54) is 0 Å². The van der Waals surface area contributed by atoms with Gasteiger partial charge in [-0.2, -0.15) is 0 Å². The lowest BCUT2D eigenvalue weighted by atomic mass is 10.2. The monoisotopic (exact) mass is 314 g/mol. The molecule has 0 radical (unpaired) electrons. The maximum atomic E-state index is 12.1. The largest absolute Gasteiger partial charge is 0.444 e. The molecule has 0 unspecified atom stereocenters. The fraction of sp³-hybridized carbons (Fsp3) is 0.875. The SMILES string of the molecule is CCCCNC(N)=NCCCN(C(=O)OC(C)(C)C)C(C)C. The van der Waals surface area contributed by atoms with Crippen LogP contribution in [0.15, 0.2) is 4.99 Å². The molecular formula is C16H34N4O2. The van der Waals surface area contributed by atoms with Crippen LogP contribution in [0, 0.1) is 0 Å². The molecule has 130 valence electrons. The van der Waals surface area contributed by atoms with E-state index in [2.05, 4.69) is 17.2 Å². The van der Waals surface area contributed by atoms with E-state index in [9.17, 15) is 4.79 Å². The summed E-state index contributed by atoms with van der Waals surface area (Å²) in [5.74, 6) is 0.474. The fourth-order valence-electron chi connectivity index (χ4n) is 1.77. The molecule has 0 rings (SSSR count). The van der Waals surface area contributed by atoms with Gasteiger partial charge in [0.25, 0.3) is 0 Å². The van der Waals surface area contributed by atoms with Crippen LogP contribution in [-0.4, -0.2) is 48.2 Å². The van der Waals surface area contributed by atoms with Crippen LogP contribution in [0.5, 0.6) is 0 Å². The summed E-state index contributed by atoms with van der Waals surface area (Å²) < 4.78 is 5.42. The Labute approximate surface area is 135 Å². The summed E-state index contributed by atoms with van der Waals surface area (Å²) in [7, 11) is 0. The zero-order chi connectivity index (χ0) is 17.2. The Morgan fingerprint density at radius 2 is 1.95 bits per heavy atom. The van der Waals surface area contributed by atoms with Crippen molar-refractivity contribution in [1.82, 2.24) is 10.2 Å². The number of rotatable bonds is 8. The summed E-state index contributed by atoms with van der Waals surface area (Å²) in [5, 5.41) is 3.07. The number of amides is 1. The Bertz CT molecular complexity index is 349. The predicted molar refractivity (Wildman–Crippen MR) is 92.1 cm³/mol. The van der Waals surface area contributed by atoms with Gasteiger partial charge in [0.05, 0.1) is 0 Å². The van der Waals surface area contributed by atoms with Gasteiger partial charge in [-0.1, -0.05) is 13.3 Å². The zero-order valence-corrected chi connectivity index (χ0v) is 15.1. The molecule has 0 aliphatic heterocycles. The normalized spacial score (nSPS) is 12.4. The molecule has 0 aromatic heterocycles. The summed E-state index contributed by atoms with van der Waals surface area (Å²) in [4.78, 5) is 18.1. The lowest BCUT2D eigenvalue weighted by Crippen LogP contribution is -2.41. The van der Waals surface area contributed by atoms with Gasteiger partial charge in [0, 0.05) is 25.7 Å². The molecule has 6 nitrogen and oxygen atoms in total.